The first-order valence-electron chi connectivity index (χ1n) is 11.8. The van der Waals surface area contributed by atoms with Gasteiger partial charge in [0.25, 0.3) is 0 Å². The predicted octanol–water partition coefficient (Wildman–Crippen LogP) is 4.22. The summed E-state index contributed by atoms with van der Waals surface area (Å²) in [6, 6.07) is 9.59. The summed E-state index contributed by atoms with van der Waals surface area (Å²) in [6.07, 6.45) is 2.78. The SMILES string of the molecule is CCCCOC[C@@H](OCCCC)[C@H]1O[C@@H]2OC(C)(C)O[C@@H]2[C@H]1NC(=S)Nc1ccccc1. The molecule has 0 aliphatic carbocycles. The molecule has 1 aromatic rings. The van der Waals surface area contributed by atoms with E-state index in [2.05, 4.69) is 24.5 Å². The average Bonchev–Trinajstić information content (AvgIpc) is 3.23. The number of rotatable bonds is 12. The van der Waals surface area contributed by atoms with Gasteiger partial charge in [0.2, 0.25) is 0 Å². The van der Waals surface area contributed by atoms with E-state index in [-0.39, 0.29) is 24.4 Å². The second kappa shape index (κ2) is 12.3. The van der Waals surface area contributed by atoms with Gasteiger partial charge in [-0.25, -0.2) is 0 Å². The van der Waals surface area contributed by atoms with E-state index in [1.807, 2.05) is 44.2 Å². The Morgan fingerprint density at radius 1 is 1.09 bits per heavy atom. The van der Waals surface area contributed by atoms with E-state index in [4.69, 9.17) is 35.9 Å². The van der Waals surface area contributed by atoms with Crippen LogP contribution in [0.15, 0.2) is 30.3 Å². The molecule has 0 saturated carbocycles. The van der Waals surface area contributed by atoms with Gasteiger partial charge < -0.3 is 34.3 Å². The fourth-order valence-corrected chi connectivity index (χ4v) is 4.17. The molecule has 0 bridgehead atoms. The molecule has 180 valence electrons. The van der Waals surface area contributed by atoms with E-state index in [0.29, 0.717) is 24.9 Å². The maximum atomic E-state index is 6.33. The molecule has 0 spiro atoms. The van der Waals surface area contributed by atoms with Crippen LogP contribution in [0.4, 0.5) is 5.69 Å². The van der Waals surface area contributed by atoms with Gasteiger partial charge >= 0.3 is 0 Å². The van der Waals surface area contributed by atoms with E-state index < -0.39 is 12.1 Å². The van der Waals surface area contributed by atoms with Gasteiger partial charge in [-0.05, 0) is 51.0 Å². The van der Waals surface area contributed by atoms with Crippen molar-refractivity contribution in [3.8, 4) is 0 Å². The first-order chi connectivity index (χ1) is 15.4. The third-order valence-corrected chi connectivity index (χ3v) is 5.76. The quantitative estimate of drug-likeness (QED) is 0.351. The lowest BCUT2D eigenvalue weighted by Gasteiger charge is -2.32. The van der Waals surface area contributed by atoms with Gasteiger partial charge in [-0.1, -0.05) is 44.9 Å². The largest absolute Gasteiger partial charge is 0.379 e. The number of thiocarbonyl (C=S) groups is 1. The lowest BCUT2D eigenvalue weighted by atomic mass is 10.0. The van der Waals surface area contributed by atoms with Crippen molar-refractivity contribution in [1.29, 1.82) is 0 Å². The van der Waals surface area contributed by atoms with Crippen LogP contribution in [0.3, 0.4) is 0 Å². The molecule has 2 N–H and O–H groups in total. The number of nitrogens with one attached hydrogen (secondary N) is 2. The molecule has 0 unspecified atom stereocenters. The predicted molar refractivity (Wildman–Crippen MR) is 129 cm³/mol. The van der Waals surface area contributed by atoms with E-state index in [9.17, 15) is 0 Å². The summed E-state index contributed by atoms with van der Waals surface area (Å²) in [5, 5.41) is 7.15. The highest BCUT2D eigenvalue weighted by Crippen LogP contribution is 2.39. The number of hydrogen-bond acceptors (Lipinski definition) is 6. The van der Waals surface area contributed by atoms with Crippen molar-refractivity contribution in [1.82, 2.24) is 5.32 Å². The van der Waals surface area contributed by atoms with Gasteiger partial charge in [-0.3, -0.25) is 0 Å². The van der Waals surface area contributed by atoms with Gasteiger partial charge in [-0.2, -0.15) is 0 Å². The van der Waals surface area contributed by atoms with Crippen LogP contribution in [0.25, 0.3) is 0 Å². The summed E-state index contributed by atoms with van der Waals surface area (Å²) in [7, 11) is 0. The number of anilines is 1. The van der Waals surface area contributed by atoms with E-state index in [0.717, 1.165) is 31.4 Å². The Bertz CT molecular complexity index is 705. The van der Waals surface area contributed by atoms with Crippen LogP contribution in [-0.4, -0.2) is 61.4 Å². The first kappa shape index (κ1) is 25.3. The minimum Gasteiger partial charge on any atom is -0.379 e. The standard InChI is InChI=1S/C24H38N2O5S/c1-5-7-14-27-16-18(28-15-8-6-2)20-19(21-22(29-20)31-24(3,4)30-21)26-23(32)25-17-12-10-9-11-13-17/h9-13,18-22H,5-8,14-16H2,1-4H3,(H2,25,26,32)/t18-,19+,20-,21-,22-/m1/s1. The van der Waals surface area contributed by atoms with Crippen LogP contribution in [0.1, 0.15) is 53.4 Å². The molecule has 2 heterocycles. The van der Waals surface area contributed by atoms with Gasteiger partial charge in [-0.15, -0.1) is 0 Å². The summed E-state index contributed by atoms with van der Waals surface area (Å²) in [5.74, 6) is -0.717. The molecule has 32 heavy (non-hydrogen) atoms. The minimum absolute atomic E-state index is 0.244. The Morgan fingerprint density at radius 2 is 1.81 bits per heavy atom. The molecule has 2 fully saturated rings. The van der Waals surface area contributed by atoms with Crippen molar-refractivity contribution < 1.29 is 23.7 Å². The van der Waals surface area contributed by atoms with Gasteiger partial charge in [0.15, 0.2) is 17.2 Å². The molecule has 7 nitrogen and oxygen atoms in total. The Hall–Kier alpha value is -1.29. The fraction of sp³-hybridized carbons (Fsp3) is 0.708. The molecule has 3 rings (SSSR count). The molecule has 1 aromatic carbocycles. The molecule has 8 heteroatoms. The summed E-state index contributed by atoms with van der Waals surface area (Å²) in [5.41, 5.74) is 0.916. The second-order valence-electron chi connectivity index (χ2n) is 8.75. The lowest BCUT2D eigenvalue weighted by molar-refractivity contribution is -0.222. The molecule has 0 amide bonds. The van der Waals surface area contributed by atoms with Crippen molar-refractivity contribution in [2.24, 2.45) is 0 Å². The summed E-state index contributed by atoms with van der Waals surface area (Å²) in [4.78, 5) is 0. The molecule has 5 atom stereocenters. The highest BCUT2D eigenvalue weighted by molar-refractivity contribution is 7.80. The zero-order valence-corrected chi connectivity index (χ0v) is 20.5. The normalized spacial score (nSPS) is 27.1. The Balaban J connectivity index is 1.71. The molecular formula is C24H38N2O5S. The van der Waals surface area contributed by atoms with Crippen molar-refractivity contribution in [2.75, 3.05) is 25.1 Å². The van der Waals surface area contributed by atoms with Crippen LogP contribution >= 0.6 is 12.2 Å². The zero-order chi connectivity index (χ0) is 23.0. The minimum atomic E-state index is -0.717. The van der Waals surface area contributed by atoms with Crippen LogP contribution in [0.5, 0.6) is 0 Å². The third kappa shape index (κ3) is 7.10. The number of fused-ring (bicyclic) bond motifs is 1. The fourth-order valence-electron chi connectivity index (χ4n) is 3.92. The van der Waals surface area contributed by atoms with Crippen molar-refractivity contribution in [3.63, 3.8) is 0 Å². The number of para-hydroxylation sites is 1. The average molecular weight is 467 g/mol. The van der Waals surface area contributed by atoms with Crippen molar-refractivity contribution in [3.05, 3.63) is 30.3 Å². The molecule has 2 aliphatic heterocycles. The molecular weight excluding hydrogens is 428 g/mol. The molecule has 2 saturated heterocycles. The van der Waals surface area contributed by atoms with Gasteiger partial charge in [0.1, 0.15) is 18.3 Å². The Labute approximate surface area is 197 Å². The third-order valence-electron chi connectivity index (χ3n) is 5.54. The van der Waals surface area contributed by atoms with Crippen LogP contribution in [-0.2, 0) is 23.7 Å². The highest BCUT2D eigenvalue weighted by atomic mass is 32.1. The van der Waals surface area contributed by atoms with Crippen LogP contribution < -0.4 is 10.6 Å². The topological polar surface area (TPSA) is 70.2 Å². The smallest absolute Gasteiger partial charge is 0.189 e. The second-order valence-corrected chi connectivity index (χ2v) is 9.16. The Morgan fingerprint density at radius 3 is 2.53 bits per heavy atom. The molecule has 2 aliphatic rings. The van der Waals surface area contributed by atoms with E-state index >= 15 is 0 Å². The van der Waals surface area contributed by atoms with E-state index in [1.54, 1.807) is 0 Å². The number of unbranched alkanes of at least 4 members (excludes halogenated alkanes) is 2. The number of ether oxygens (including phenoxy) is 5. The summed E-state index contributed by atoms with van der Waals surface area (Å²) in [6.45, 7) is 9.89. The molecule has 0 radical (unpaired) electrons. The first-order valence-corrected chi connectivity index (χ1v) is 12.2. The summed E-state index contributed by atoms with van der Waals surface area (Å²) >= 11 is 5.61. The van der Waals surface area contributed by atoms with Crippen LogP contribution in [0.2, 0.25) is 0 Å². The van der Waals surface area contributed by atoms with Crippen LogP contribution in [0, 0.1) is 0 Å². The van der Waals surface area contributed by atoms with Gasteiger partial charge in [0.05, 0.1) is 12.6 Å². The monoisotopic (exact) mass is 466 g/mol. The zero-order valence-electron chi connectivity index (χ0n) is 19.7. The Kier molecular flexibility index (Phi) is 9.70. The van der Waals surface area contributed by atoms with Gasteiger partial charge in [0, 0.05) is 18.9 Å². The maximum absolute atomic E-state index is 6.33. The van der Waals surface area contributed by atoms with E-state index in [1.165, 1.54) is 0 Å². The number of hydrogen-bond donors (Lipinski definition) is 2. The number of benzene rings is 1. The highest BCUT2D eigenvalue weighted by Gasteiger charge is 2.57. The maximum Gasteiger partial charge on any atom is 0.189 e. The van der Waals surface area contributed by atoms with Crippen molar-refractivity contribution in [2.45, 2.75) is 89.8 Å². The molecule has 0 aromatic heterocycles. The lowest BCUT2D eigenvalue weighted by Crippen LogP contribution is -2.54. The summed E-state index contributed by atoms with van der Waals surface area (Å²) < 4.78 is 30.7. The van der Waals surface area contributed by atoms with Crippen molar-refractivity contribution >= 4 is 23.0 Å².